The van der Waals surface area contributed by atoms with E-state index in [1.54, 1.807) is 6.92 Å². The van der Waals surface area contributed by atoms with Crippen LogP contribution in [0, 0.1) is 0 Å². The van der Waals surface area contributed by atoms with E-state index in [0.717, 1.165) is 42.3 Å². The second kappa shape index (κ2) is 5.16. The Morgan fingerprint density at radius 2 is 1.85 bits per heavy atom. The Kier molecular flexibility index (Phi) is 3.35. The number of aromatic hydroxyl groups is 1. The first kappa shape index (κ1) is 13.0. The van der Waals surface area contributed by atoms with Gasteiger partial charge in [-0.2, -0.15) is 0 Å². The Morgan fingerprint density at radius 1 is 1.15 bits per heavy atom. The van der Waals surface area contributed by atoms with Crippen LogP contribution in [0.3, 0.4) is 0 Å². The van der Waals surface area contributed by atoms with E-state index in [2.05, 4.69) is 6.07 Å². The summed E-state index contributed by atoms with van der Waals surface area (Å²) in [5, 5.41) is 12.5. The first-order chi connectivity index (χ1) is 9.66. The predicted molar refractivity (Wildman–Crippen MR) is 79.8 cm³/mol. The van der Waals surface area contributed by atoms with Gasteiger partial charge in [0.05, 0.1) is 0 Å². The summed E-state index contributed by atoms with van der Waals surface area (Å²) in [4.78, 5) is 13.2. The molecule has 3 nitrogen and oxygen atoms in total. The minimum absolute atomic E-state index is 0.145. The van der Waals surface area contributed by atoms with E-state index in [9.17, 15) is 9.90 Å². The summed E-state index contributed by atoms with van der Waals surface area (Å²) in [5.74, 6) is 0.894. The van der Waals surface area contributed by atoms with Gasteiger partial charge in [0.1, 0.15) is 5.75 Å². The van der Waals surface area contributed by atoms with E-state index in [1.807, 2.05) is 35.2 Å². The zero-order valence-electron chi connectivity index (χ0n) is 11.7. The maximum Gasteiger partial charge on any atom is 0.219 e. The molecule has 3 heteroatoms. The Bertz CT molecular complexity index is 642. The third-order valence-corrected chi connectivity index (χ3v) is 4.31. The fourth-order valence-corrected chi connectivity index (χ4v) is 3.11. The first-order valence-corrected chi connectivity index (χ1v) is 7.13. The third-order valence-electron chi connectivity index (χ3n) is 4.31. The Morgan fingerprint density at radius 3 is 2.55 bits per heavy atom. The maximum absolute atomic E-state index is 11.4. The summed E-state index contributed by atoms with van der Waals surface area (Å²) >= 11 is 0. The van der Waals surface area contributed by atoms with Crippen LogP contribution in [0.2, 0.25) is 0 Å². The van der Waals surface area contributed by atoms with Crippen molar-refractivity contribution in [2.45, 2.75) is 25.7 Å². The number of piperidine rings is 1. The van der Waals surface area contributed by atoms with E-state index >= 15 is 0 Å². The average molecular weight is 269 g/mol. The van der Waals surface area contributed by atoms with Gasteiger partial charge < -0.3 is 10.0 Å². The third kappa shape index (κ3) is 2.24. The zero-order valence-corrected chi connectivity index (χ0v) is 11.7. The SMILES string of the molecule is CC(=O)N1CCC(c2ccc3ccccc3c2O)CC1. The minimum Gasteiger partial charge on any atom is -0.507 e. The van der Waals surface area contributed by atoms with Crippen molar-refractivity contribution in [3.63, 3.8) is 0 Å². The van der Waals surface area contributed by atoms with Crippen molar-refractivity contribution >= 4 is 16.7 Å². The molecule has 0 unspecified atom stereocenters. The maximum atomic E-state index is 11.4. The number of phenols is 1. The molecule has 0 aromatic heterocycles. The van der Waals surface area contributed by atoms with Crippen LogP contribution in [0.25, 0.3) is 10.8 Å². The number of likely N-dealkylation sites (tertiary alicyclic amines) is 1. The van der Waals surface area contributed by atoms with Gasteiger partial charge in [-0.05, 0) is 29.7 Å². The van der Waals surface area contributed by atoms with Crippen LogP contribution in [0.1, 0.15) is 31.2 Å². The molecule has 0 radical (unpaired) electrons. The van der Waals surface area contributed by atoms with Crippen LogP contribution >= 0.6 is 0 Å². The number of rotatable bonds is 1. The molecule has 1 heterocycles. The molecule has 2 aromatic carbocycles. The summed E-state index contributed by atoms with van der Waals surface area (Å²) in [6.07, 6.45) is 1.84. The highest BCUT2D eigenvalue weighted by Gasteiger charge is 2.24. The number of hydrogen-bond donors (Lipinski definition) is 1. The number of nitrogens with zero attached hydrogens (tertiary/aromatic N) is 1. The van der Waals surface area contributed by atoms with E-state index in [0.29, 0.717) is 11.7 Å². The number of carbonyl (C=O) groups is 1. The monoisotopic (exact) mass is 269 g/mol. The minimum atomic E-state index is 0.145. The van der Waals surface area contributed by atoms with Gasteiger partial charge in [-0.15, -0.1) is 0 Å². The predicted octanol–water partition coefficient (Wildman–Crippen LogP) is 3.27. The zero-order chi connectivity index (χ0) is 14.1. The number of carbonyl (C=O) groups excluding carboxylic acids is 1. The van der Waals surface area contributed by atoms with Crippen LogP contribution in [0.4, 0.5) is 0 Å². The number of fused-ring (bicyclic) bond motifs is 1. The standard InChI is InChI=1S/C17H19NO2/c1-12(19)18-10-8-14(9-11-18)16-7-6-13-4-2-3-5-15(13)17(16)20/h2-7,14,20H,8-11H2,1H3. The highest BCUT2D eigenvalue weighted by Crippen LogP contribution is 2.37. The fraction of sp³-hybridized carbons (Fsp3) is 0.353. The highest BCUT2D eigenvalue weighted by molar-refractivity contribution is 5.89. The van der Waals surface area contributed by atoms with Gasteiger partial charge in [0.2, 0.25) is 5.91 Å². The molecule has 3 rings (SSSR count). The van der Waals surface area contributed by atoms with Crippen molar-refractivity contribution in [3.05, 3.63) is 42.0 Å². The van der Waals surface area contributed by atoms with Gasteiger partial charge in [0.15, 0.2) is 0 Å². The molecular weight excluding hydrogens is 250 g/mol. The molecule has 1 amide bonds. The number of hydrogen-bond acceptors (Lipinski definition) is 2. The average Bonchev–Trinajstić information content (AvgIpc) is 2.48. The second-order valence-corrected chi connectivity index (χ2v) is 5.50. The smallest absolute Gasteiger partial charge is 0.219 e. The molecule has 20 heavy (non-hydrogen) atoms. The quantitative estimate of drug-likeness (QED) is 0.863. The summed E-state index contributed by atoms with van der Waals surface area (Å²) in [6.45, 7) is 3.19. The second-order valence-electron chi connectivity index (χ2n) is 5.50. The first-order valence-electron chi connectivity index (χ1n) is 7.13. The van der Waals surface area contributed by atoms with Crippen molar-refractivity contribution < 1.29 is 9.90 Å². The molecule has 0 aliphatic carbocycles. The molecular formula is C17H19NO2. The molecule has 1 aliphatic heterocycles. The van der Waals surface area contributed by atoms with Gasteiger partial charge in [-0.25, -0.2) is 0 Å². The summed E-state index contributed by atoms with van der Waals surface area (Å²) in [5.41, 5.74) is 1.02. The van der Waals surface area contributed by atoms with Crippen LogP contribution in [-0.4, -0.2) is 29.0 Å². The molecule has 1 saturated heterocycles. The Labute approximate surface area is 118 Å². The molecule has 1 fully saturated rings. The Balaban J connectivity index is 1.88. The lowest BCUT2D eigenvalue weighted by Crippen LogP contribution is -2.36. The van der Waals surface area contributed by atoms with Gasteiger partial charge in [-0.3, -0.25) is 4.79 Å². The van der Waals surface area contributed by atoms with Crippen molar-refractivity contribution in [2.75, 3.05) is 13.1 Å². The van der Waals surface area contributed by atoms with Gasteiger partial charge in [0, 0.05) is 25.4 Å². The van der Waals surface area contributed by atoms with E-state index in [1.165, 1.54) is 0 Å². The van der Waals surface area contributed by atoms with Gasteiger partial charge in [-0.1, -0.05) is 36.4 Å². The van der Waals surface area contributed by atoms with Gasteiger partial charge in [0.25, 0.3) is 0 Å². The lowest BCUT2D eigenvalue weighted by atomic mass is 9.87. The Hall–Kier alpha value is -2.03. The van der Waals surface area contributed by atoms with Crippen LogP contribution in [-0.2, 0) is 4.79 Å². The van der Waals surface area contributed by atoms with Crippen LogP contribution in [0.5, 0.6) is 5.75 Å². The molecule has 0 atom stereocenters. The van der Waals surface area contributed by atoms with E-state index < -0.39 is 0 Å². The van der Waals surface area contributed by atoms with Crippen molar-refractivity contribution in [1.82, 2.24) is 4.90 Å². The molecule has 1 N–H and O–H groups in total. The highest BCUT2D eigenvalue weighted by atomic mass is 16.3. The van der Waals surface area contributed by atoms with Gasteiger partial charge >= 0.3 is 0 Å². The topological polar surface area (TPSA) is 40.5 Å². The number of phenolic OH excluding ortho intramolecular Hbond substituents is 1. The number of benzene rings is 2. The summed E-state index contributed by atoms with van der Waals surface area (Å²) in [6, 6.07) is 12.0. The molecule has 0 saturated carbocycles. The van der Waals surface area contributed by atoms with E-state index in [-0.39, 0.29) is 5.91 Å². The molecule has 0 spiro atoms. The fourth-order valence-electron chi connectivity index (χ4n) is 3.11. The largest absolute Gasteiger partial charge is 0.507 e. The molecule has 104 valence electrons. The van der Waals surface area contributed by atoms with Crippen molar-refractivity contribution in [3.8, 4) is 5.75 Å². The van der Waals surface area contributed by atoms with Crippen LogP contribution < -0.4 is 0 Å². The number of amides is 1. The summed E-state index contributed by atoms with van der Waals surface area (Å²) < 4.78 is 0. The molecule has 1 aliphatic rings. The van der Waals surface area contributed by atoms with Crippen molar-refractivity contribution in [1.29, 1.82) is 0 Å². The molecule has 0 bridgehead atoms. The lowest BCUT2D eigenvalue weighted by Gasteiger charge is -2.32. The van der Waals surface area contributed by atoms with E-state index in [4.69, 9.17) is 0 Å². The normalized spacial score (nSPS) is 16.6. The molecule has 2 aromatic rings. The lowest BCUT2D eigenvalue weighted by molar-refractivity contribution is -0.129. The van der Waals surface area contributed by atoms with Crippen molar-refractivity contribution in [2.24, 2.45) is 0 Å². The van der Waals surface area contributed by atoms with Crippen LogP contribution in [0.15, 0.2) is 36.4 Å². The summed E-state index contributed by atoms with van der Waals surface area (Å²) in [7, 11) is 0.